The first-order valence-electron chi connectivity index (χ1n) is 18.7. The van der Waals surface area contributed by atoms with Crippen LogP contribution in [0.15, 0.2) is 109 Å². The van der Waals surface area contributed by atoms with Gasteiger partial charge in [-0.15, -0.1) is 11.8 Å². The van der Waals surface area contributed by atoms with Crippen LogP contribution in [-0.2, 0) is 20.7 Å². The standard InChI is InChI=1S/C44H56N4O5S/c1-6-35-32-36(24-25-41(35)53-43(51)48(29-16-27-46(2)3)30-17-28-47(4)5)40(49)33-52-34-42(50)45-26-31-54-44(37-18-10-7-11-19-37,38-20-12-8-13-21-38)39-22-14-9-15-23-39/h7-15,18-25,32H,6,16-17,26-31,33-34H2,1-5H3,(H,45,50). The number of benzene rings is 4. The maximum absolute atomic E-state index is 13.2. The Morgan fingerprint density at radius 2 is 1.20 bits per heavy atom. The molecule has 288 valence electrons. The predicted molar refractivity (Wildman–Crippen MR) is 220 cm³/mol. The molecule has 0 spiro atoms. The second-order valence-corrected chi connectivity index (χ2v) is 15.0. The van der Waals surface area contributed by atoms with Gasteiger partial charge < -0.3 is 29.5 Å². The molecule has 0 heterocycles. The Morgan fingerprint density at radius 1 is 0.685 bits per heavy atom. The molecule has 4 aromatic carbocycles. The molecule has 54 heavy (non-hydrogen) atoms. The quantitative estimate of drug-likeness (QED) is 0.0522. The summed E-state index contributed by atoms with van der Waals surface area (Å²) >= 11 is 1.77. The van der Waals surface area contributed by atoms with Crippen LogP contribution in [-0.4, -0.2) is 112 Å². The fraction of sp³-hybridized carbons (Fsp3) is 0.386. The highest BCUT2D eigenvalue weighted by molar-refractivity contribution is 8.00. The van der Waals surface area contributed by atoms with Crippen molar-refractivity contribution in [1.82, 2.24) is 20.0 Å². The van der Waals surface area contributed by atoms with Gasteiger partial charge >= 0.3 is 6.09 Å². The Morgan fingerprint density at radius 3 is 1.69 bits per heavy atom. The van der Waals surface area contributed by atoms with Crippen LogP contribution in [0.4, 0.5) is 4.79 Å². The Kier molecular flexibility index (Phi) is 17.2. The minimum Gasteiger partial charge on any atom is -0.410 e. The van der Waals surface area contributed by atoms with Crippen molar-refractivity contribution in [3.05, 3.63) is 137 Å². The van der Waals surface area contributed by atoms with Crippen LogP contribution in [0.2, 0.25) is 0 Å². The molecule has 0 aliphatic heterocycles. The minimum atomic E-state index is -0.472. The van der Waals surface area contributed by atoms with Crippen LogP contribution in [0.3, 0.4) is 0 Å². The van der Waals surface area contributed by atoms with Gasteiger partial charge in [-0.05, 0) is 101 Å². The maximum atomic E-state index is 13.2. The van der Waals surface area contributed by atoms with Crippen LogP contribution in [0.25, 0.3) is 0 Å². The fourth-order valence-electron chi connectivity index (χ4n) is 6.27. The highest BCUT2D eigenvalue weighted by Gasteiger charge is 2.36. The summed E-state index contributed by atoms with van der Waals surface area (Å²) in [6.45, 7) is 4.85. The Bertz CT molecular complexity index is 1630. The van der Waals surface area contributed by atoms with Gasteiger partial charge in [0.1, 0.15) is 19.0 Å². The molecule has 0 aliphatic carbocycles. The Hall–Kier alpha value is -4.48. The first-order valence-corrected chi connectivity index (χ1v) is 19.7. The number of ketones is 1. The van der Waals surface area contributed by atoms with Crippen molar-refractivity contribution in [3.63, 3.8) is 0 Å². The summed E-state index contributed by atoms with van der Waals surface area (Å²) < 4.78 is 11.0. The SMILES string of the molecule is CCc1cc(C(=O)COCC(=O)NCCSC(c2ccccc2)(c2ccccc2)c2ccccc2)ccc1OC(=O)N(CCCN(C)C)CCCN(C)C. The molecule has 0 unspecified atom stereocenters. The molecule has 4 rings (SSSR count). The zero-order valence-corrected chi connectivity index (χ0v) is 33.3. The number of nitrogens with one attached hydrogen (secondary N) is 1. The van der Waals surface area contributed by atoms with E-state index in [1.54, 1.807) is 34.9 Å². The number of thioether (sulfide) groups is 1. The molecule has 0 aromatic heterocycles. The predicted octanol–water partition coefficient (Wildman–Crippen LogP) is 6.99. The summed E-state index contributed by atoms with van der Waals surface area (Å²) in [6.07, 6.45) is 1.87. The zero-order valence-electron chi connectivity index (χ0n) is 32.5. The highest BCUT2D eigenvalue weighted by Crippen LogP contribution is 2.48. The van der Waals surface area contributed by atoms with Gasteiger partial charge in [0.25, 0.3) is 0 Å². The normalized spacial score (nSPS) is 11.5. The smallest absolute Gasteiger partial charge is 0.410 e. The number of Topliss-reactive ketones (excluding diaryl/α,β-unsaturated/α-hetero) is 1. The lowest BCUT2D eigenvalue weighted by molar-refractivity contribution is -0.125. The van der Waals surface area contributed by atoms with E-state index in [9.17, 15) is 14.4 Å². The molecule has 0 atom stereocenters. The second-order valence-electron chi connectivity index (χ2n) is 13.7. The highest BCUT2D eigenvalue weighted by atomic mass is 32.2. The number of aryl methyl sites for hydroxylation is 1. The van der Waals surface area contributed by atoms with E-state index in [4.69, 9.17) is 9.47 Å². The van der Waals surface area contributed by atoms with Crippen LogP contribution < -0.4 is 10.1 Å². The summed E-state index contributed by atoms with van der Waals surface area (Å²) in [6, 6.07) is 36.4. The van der Waals surface area contributed by atoms with Gasteiger partial charge in [-0.2, -0.15) is 0 Å². The van der Waals surface area contributed by atoms with E-state index in [1.165, 1.54) is 0 Å². The van der Waals surface area contributed by atoms with Gasteiger partial charge in [0.2, 0.25) is 5.91 Å². The van der Waals surface area contributed by atoms with Crippen molar-refractivity contribution < 1.29 is 23.9 Å². The van der Waals surface area contributed by atoms with Gasteiger partial charge in [0.05, 0.1) is 4.75 Å². The number of hydrogen-bond donors (Lipinski definition) is 1. The number of carbonyl (C=O) groups is 3. The van der Waals surface area contributed by atoms with E-state index < -0.39 is 4.75 Å². The Labute approximate surface area is 326 Å². The van der Waals surface area contributed by atoms with Crippen molar-refractivity contribution in [2.24, 2.45) is 0 Å². The molecule has 0 fully saturated rings. The molecule has 9 nitrogen and oxygen atoms in total. The fourth-order valence-corrected chi connectivity index (χ4v) is 7.69. The molecule has 0 radical (unpaired) electrons. The minimum absolute atomic E-state index is 0.231. The van der Waals surface area contributed by atoms with Crippen LogP contribution >= 0.6 is 11.8 Å². The lowest BCUT2D eigenvalue weighted by Gasteiger charge is -2.35. The number of hydrogen-bond acceptors (Lipinski definition) is 8. The van der Waals surface area contributed by atoms with Gasteiger partial charge in [-0.3, -0.25) is 9.59 Å². The number of carbonyl (C=O) groups excluding carboxylic acids is 3. The molecular formula is C44H56N4O5S. The number of amides is 2. The average molecular weight is 753 g/mol. The van der Waals surface area contributed by atoms with Crippen molar-refractivity contribution >= 4 is 29.5 Å². The van der Waals surface area contributed by atoms with Gasteiger partial charge in [-0.25, -0.2) is 4.79 Å². The monoisotopic (exact) mass is 752 g/mol. The Balaban J connectivity index is 1.30. The molecule has 1 N–H and O–H groups in total. The topological polar surface area (TPSA) is 91.4 Å². The van der Waals surface area contributed by atoms with E-state index in [-0.39, 0.29) is 31.0 Å². The van der Waals surface area contributed by atoms with Crippen molar-refractivity contribution in [1.29, 1.82) is 0 Å². The van der Waals surface area contributed by atoms with Gasteiger partial charge in [-0.1, -0.05) is 97.9 Å². The molecule has 10 heteroatoms. The lowest BCUT2D eigenvalue weighted by Crippen LogP contribution is -2.37. The second kappa shape index (κ2) is 22.0. The number of ether oxygens (including phenoxy) is 2. The molecule has 4 aromatic rings. The zero-order chi connectivity index (χ0) is 38.8. The molecule has 0 saturated carbocycles. The molecule has 0 bridgehead atoms. The third-order valence-electron chi connectivity index (χ3n) is 9.04. The van der Waals surface area contributed by atoms with Crippen LogP contribution in [0, 0.1) is 0 Å². The molecule has 2 amide bonds. The first kappa shape index (κ1) is 42.3. The number of nitrogens with zero attached hydrogens (tertiary/aromatic N) is 3. The third kappa shape index (κ3) is 12.6. The molecule has 0 aliphatic rings. The first-order chi connectivity index (χ1) is 26.1. The van der Waals surface area contributed by atoms with Crippen molar-refractivity contribution in [3.8, 4) is 5.75 Å². The largest absolute Gasteiger partial charge is 0.415 e. The average Bonchev–Trinajstić information content (AvgIpc) is 3.18. The van der Waals surface area contributed by atoms with Gasteiger partial charge in [0.15, 0.2) is 5.78 Å². The van der Waals surface area contributed by atoms with Crippen LogP contribution in [0.5, 0.6) is 5.75 Å². The summed E-state index contributed by atoms with van der Waals surface area (Å²) in [5.74, 6) is 0.547. The van der Waals surface area contributed by atoms with Crippen molar-refractivity contribution in [2.45, 2.75) is 30.9 Å². The van der Waals surface area contributed by atoms with E-state index >= 15 is 0 Å². The summed E-state index contributed by atoms with van der Waals surface area (Å²) in [5, 5.41) is 2.96. The maximum Gasteiger partial charge on any atom is 0.415 e. The van der Waals surface area contributed by atoms with E-state index in [1.807, 2.05) is 53.3 Å². The van der Waals surface area contributed by atoms with E-state index in [0.29, 0.717) is 43.1 Å². The van der Waals surface area contributed by atoms with E-state index in [0.717, 1.165) is 48.2 Å². The lowest BCUT2D eigenvalue weighted by atomic mass is 9.84. The number of rotatable bonds is 22. The van der Waals surface area contributed by atoms with Gasteiger partial charge in [0, 0.05) is 31.0 Å². The van der Waals surface area contributed by atoms with Crippen LogP contribution in [0.1, 0.15) is 52.4 Å². The van der Waals surface area contributed by atoms with Crippen molar-refractivity contribution in [2.75, 3.05) is 79.9 Å². The molecule has 0 saturated heterocycles. The summed E-state index contributed by atoms with van der Waals surface area (Å²) in [4.78, 5) is 45.1. The summed E-state index contributed by atoms with van der Waals surface area (Å²) in [7, 11) is 8.06. The summed E-state index contributed by atoms with van der Waals surface area (Å²) in [5.41, 5.74) is 4.67. The van der Waals surface area contributed by atoms with E-state index in [2.05, 4.69) is 87.9 Å². The molecular weight excluding hydrogens is 697 g/mol. The third-order valence-corrected chi connectivity index (χ3v) is 10.6.